The van der Waals surface area contributed by atoms with Gasteiger partial charge in [-0.25, -0.2) is 0 Å². The topological polar surface area (TPSA) is 127 Å². The van der Waals surface area contributed by atoms with E-state index in [1.807, 2.05) is 0 Å². The summed E-state index contributed by atoms with van der Waals surface area (Å²) in [5.41, 5.74) is -0.898. The number of aryl methyl sites for hydroxylation is 4. The van der Waals surface area contributed by atoms with Crippen LogP contribution in [0.25, 0.3) is 5.57 Å². The summed E-state index contributed by atoms with van der Waals surface area (Å²) in [6.45, 7) is 11.6. The fourth-order valence-electron chi connectivity index (χ4n) is 2.92. The van der Waals surface area contributed by atoms with Crippen molar-refractivity contribution in [2.75, 3.05) is 0 Å². The molecule has 0 aliphatic heterocycles. The smallest absolute Gasteiger partial charge is 0.423 e. The van der Waals surface area contributed by atoms with Crippen molar-refractivity contribution in [3.05, 3.63) is 95.4 Å². The van der Waals surface area contributed by atoms with Crippen molar-refractivity contribution >= 4 is 40.0 Å². The standard InChI is InChI=1S/C11H10F3NO2.C8H8BrNO2.C3H4BF3O2/c1-6-4-9(8(3)11(12,13)14)5-7(2)10(6)15(16)17;1-5-3-7(9)4-6(2)8(5)10(11)12;1-2(4(8)9)3(5,6)7/h4-5H,3H2,1-2H3;3-4H,1-2H3;8-9H,1H2. The summed E-state index contributed by atoms with van der Waals surface area (Å²) in [6.07, 6.45) is -9.25. The van der Waals surface area contributed by atoms with Gasteiger partial charge in [-0.05, 0) is 57.5 Å². The average molecular weight is 615 g/mol. The highest BCUT2D eigenvalue weighted by Gasteiger charge is 2.38. The zero-order chi connectivity index (χ0) is 30.3. The molecule has 16 heteroatoms. The molecule has 0 aliphatic carbocycles. The van der Waals surface area contributed by atoms with Gasteiger partial charge in [-0.3, -0.25) is 20.2 Å². The van der Waals surface area contributed by atoms with E-state index in [0.717, 1.165) is 16.6 Å². The fourth-order valence-corrected chi connectivity index (χ4v) is 3.61. The molecule has 0 spiro atoms. The molecule has 0 atom stereocenters. The Bertz CT molecular complexity index is 1190. The Kier molecular flexibility index (Phi) is 12.4. The fraction of sp³-hybridized carbons (Fsp3) is 0.273. The lowest BCUT2D eigenvalue weighted by Gasteiger charge is -2.12. The molecular weight excluding hydrogens is 593 g/mol. The first-order chi connectivity index (χ1) is 17.0. The van der Waals surface area contributed by atoms with Crippen LogP contribution in [0.2, 0.25) is 0 Å². The highest BCUT2D eigenvalue weighted by Crippen LogP contribution is 2.35. The lowest BCUT2D eigenvalue weighted by molar-refractivity contribution is -0.386. The number of hydrogen-bond acceptors (Lipinski definition) is 6. The number of halogens is 7. The SMILES string of the molecule is C=C(B(O)O)C(F)(F)F.C=C(c1cc(C)c([N+](=O)[O-])c(C)c1)C(F)(F)F.Cc1cc(Br)cc(C)c1[N+](=O)[O-]. The predicted molar refractivity (Wildman–Crippen MR) is 133 cm³/mol. The van der Waals surface area contributed by atoms with Gasteiger partial charge in [0, 0.05) is 26.7 Å². The molecule has 2 aromatic rings. The van der Waals surface area contributed by atoms with Crippen LogP contribution in [-0.4, -0.2) is 39.4 Å². The number of benzene rings is 2. The molecule has 2 aromatic carbocycles. The molecule has 0 fully saturated rings. The van der Waals surface area contributed by atoms with Gasteiger partial charge in [-0.2, -0.15) is 26.3 Å². The number of nitro benzene ring substituents is 2. The number of hydrogen-bond donors (Lipinski definition) is 2. The van der Waals surface area contributed by atoms with Gasteiger partial charge in [-0.15, -0.1) is 0 Å². The molecule has 208 valence electrons. The van der Waals surface area contributed by atoms with Crippen LogP contribution in [0.5, 0.6) is 0 Å². The minimum Gasteiger partial charge on any atom is -0.423 e. The van der Waals surface area contributed by atoms with Gasteiger partial charge in [0.2, 0.25) is 0 Å². The Morgan fingerprint density at radius 1 is 0.789 bits per heavy atom. The summed E-state index contributed by atoms with van der Waals surface area (Å²) in [7, 11) is -2.51. The van der Waals surface area contributed by atoms with Gasteiger partial charge < -0.3 is 10.0 Å². The van der Waals surface area contributed by atoms with Gasteiger partial charge in [0.15, 0.2) is 0 Å². The number of allylic oxidation sites excluding steroid dienone is 2. The van der Waals surface area contributed by atoms with Crippen molar-refractivity contribution in [1.82, 2.24) is 0 Å². The molecule has 0 saturated carbocycles. The van der Waals surface area contributed by atoms with Gasteiger partial charge >= 0.3 is 19.5 Å². The van der Waals surface area contributed by atoms with E-state index in [2.05, 4.69) is 29.1 Å². The van der Waals surface area contributed by atoms with Crippen LogP contribution in [0.4, 0.5) is 37.7 Å². The Morgan fingerprint density at radius 2 is 1.11 bits per heavy atom. The van der Waals surface area contributed by atoms with Crippen LogP contribution in [-0.2, 0) is 0 Å². The van der Waals surface area contributed by atoms with Crippen LogP contribution in [0.3, 0.4) is 0 Å². The Balaban J connectivity index is 0.000000572. The van der Waals surface area contributed by atoms with Gasteiger partial charge in [0.1, 0.15) is 0 Å². The van der Waals surface area contributed by atoms with Crippen LogP contribution < -0.4 is 0 Å². The molecule has 0 aromatic heterocycles. The van der Waals surface area contributed by atoms with E-state index in [1.165, 1.54) is 13.8 Å². The van der Waals surface area contributed by atoms with Crippen molar-refractivity contribution in [1.29, 1.82) is 0 Å². The quantitative estimate of drug-likeness (QED) is 0.167. The molecule has 0 amide bonds. The maximum Gasteiger partial charge on any atom is 0.492 e. The Morgan fingerprint density at radius 3 is 1.32 bits per heavy atom. The summed E-state index contributed by atoms with van der Waals surface area (Å²) in [4.78, 5) is 20.3. The second kappa shape index (κ2) is 13.5. The Hall–Kier alpha value is -3.24. The lowest BCUT2D eigenvalue weighted by atomic mass is 9.80. The number of alkyl halides is 6. The summed E-state index contributed by atoms with van der Waals surface area (Å²) in [6, 6.07) is 5.73. The first kappa shape index (κ1) is 34.8. The van der Waals surface area contributed by atoms with Gasteiger partial charge in [0.05, 0.1) is 20.9 Å². The molecule has 0 saturated heterocycles. The van der Waals surface area contributed by atoms with Crippen LogP contribution in [0.1, 0.15) is 27.8 Å². The highest BCUT2D eigenvalue weighted by molar-refractivity contribution is 9.10. The summed E-state index contributed by atoms with van der Waals surface area (Å²) < 4.78 is 72.0. The second-order valence-corrected chi connectivity index (χ2v) is 8.65. The number of nitro groups is 2. The molecule has 0 aliphatic rings. The molecular formula is C22H22BBrF6N2O6. The molecule has 0 radical (unpaired) electrons. The van der Waals surface area contributed by atoms with E-state index in [4.69, 9.17) is 10.0 Å². The maximum absolute atomic E-state index is 12.4. The largest absolute Gasteiger partial charge is 0.492 e. The van der Waals surface area contributed by atoms with Crippen molar-refractivity contribution < 1.29 is 46.2 Å². The molecule has 2 rings (SSSR count). The second-order valence-electron chi connectivity index (χ2n) is 7.73. The highest BCUT2D eigenvalue weighted by atomic mass is 79.9. The molecule has 2 N–H and O–H groups in total. The van der Waals surface area contributed by atoms with Crippen molar-refractivity contribution in [2.24, 2.45) is 0 Å². The van der Waals surface area contributed by atoms with E-state index >= 15 is 0 Å². The molecule has 0 bridgehead atoms. The zero-order valence-electron chi connectivity index (χ0n) is 20.4. The maximum atomic E-state index is 12.4. The third kappa shape index (κ3) is 10.3. The van der Waals surface area contributed by atoms with Crippen LogP contribution >= 0.6 is 15.9 Å². The van der Waals surface area contributed by atoms with E-state index in [-0.39, 0.29) is 33.0 Å². The molecule has 0 unspecified atom stereocenters. The van der Waals surface area contributed by atoms with E-state index < -0.39 is 35.4 Å². The minimum atomic E-state index is -4.71. The first-order valence-electron chi connectivity index (χ1n) is 10.1. The molecule has 8 nitrogen and oxygen atoms in total. The van der Waals surface area contributed by atoms with Crippen molar-refractivity contribution in [3.8, 4) is 0 Å². The number of nitrogens with zero attached hydrogens (tertiary/aromatic N) is 2. The summed E-state index contributed by atoms with van der Waals surface area (Å²) >= 11 is 3.27. The van der Waals surface area contributed by atoms with E-state index in [9.17, 15) is 46.6 Å². The zero-order valence-corrected chi connectivity index (χ0v) is 22.0. The van der Waals surface area contributed by atoms with E-state index in [1.54, 1.807) is 26.0 Å². The van der Waals surface area contributed by atoms with E-state index in [0.29, 0.717) is 11.1 Å². The van der Waals surface area contributed by atoms with Crippen LogP contribution in [0, 0.1) is 47.9 Å². The number of rotatable bonds is 4. The van der Waals surface area contributed by atoms with Crippen molar-refractivity contribution in [2.45, 2.75) is 40.0 Å². The third-order valence-electron chi connectivity index (χ3n) is 4.68. The average Bonchev–Trinajstić information content (AvgIpc) is 2.70. The van der Waals surface area contributed by atoms with Crippen LogP contribution in [0.15, 0.2) is 47.4 Å². The molecule has 0 heterocycles. The normalized spacial score (nSPS) is 10.9. The summed E-state index contributed by atoms with van der Waals surface area (Å²) in [5, 5.41) is 37.0. The van der Waals surface area contributed by atoms with Gasteiger partial charge in [-0.1, -0.05) is 29.1 Å². The monoisotopic (exact) mass is 614 g/mol. The van der Waals surface area contributed by atoms with Crippen molar-refractivity contribution in [3.63, 3.8) is 0 Å². The summed E-state index contributed by atoms with van der Waals surface area (Å²) in [5.74, 6) is 0. The molecule has 38 heavy (non-hydrogen) atoms. The minimum absolute atomic E-state index is 0.141. The Labute approximate surface area is 221 Å². The predicted octanol–water partition coefficient (Wildman–Crippen LogP) is 6.88. The first-order valence-corrected chi connectivity index (χ1v) is 10.9. The third-order valence-corrected chi connectivity index (χ3v) is 5.14. The lowest BCUT2D eigenvalue weighted by Crippen LogP contribution is -2.26. The van der Waals surface area contributed by atoms with Gasteiger partial charge in [0.25, 0.3) is 11.4 Å².